The van der Waals surface area contributed by atoms with E-state index in [4.69, 9.17) is 4.52 Å². The Balaban J connectivity index is 1.95. The number of aliphatic imine (C=N–C) groups is 1. The Hall–Kier alpha value is -1.26. The number of nitrogens with zero attached hydrogens (tertiary/aromatic N) is 3. The molecule has 0 aliphatic carbocycles. The highest BCUT2D eigenvalue weighted by molar-refractivity contribution is 7.99. The number of hydrogen-bond donors (Lipinski definition) is 2. The van der Waals surface area contributed by atoms with Crippen molar-refractivity contribution in [2.24, 2.45) is 4.99 Å². The van der Waals surface area contributed by atoms with E-state index in [0.717, 1.165) is 41.4 Å². The minimum atomic E-state index is -3.22. The fourth-order valence-corrected chi connectivity index (χ4v) is 5.36. The Morgan fingerprint density at radius 2 is 1.96 bits per heavy atom. The quantitative estimate of drug-likeness (QED) is 0.460. The van der Waals surface area contributed by atoms with E-state index >= 15 is 0 Å². The molecular weight excluding hydrogens is 386 g/mol. The first-order chi connectivity index (χ1) is 13.0. The molecule has 2 heterocycles. The lowest BCUT2D eigenvalue weighted by Crippen LogP contribution is -2.44. The lowest BCUT2D eigenvalue weighted by molar-refractivity contribution is 0.380. The topological polar surface area (TPSA) is 99.8 Å². The fraction of sp³-hybridized carbons (Fsp3) is 0.765. The number of sulfonamides is 1. The molecule has 0 atom stereocenters. The summed E-state index contributed by atoms with van der Waals surface area (Å²) in [5.74, 6) is 3.27. The van der Waals surface area contributed by atoms with E-state index in [1.54, 1.807) is 16.1 Å². The van der Waals surface area contributed by atoms with Gasteiger partial charge < -0.3 is 15.2 Å². The largest absolute Gasteiger partial charge is 0.361 e. The van der Waals surface area contributed by atoms with Crippen LogP contribution in [0.2, 0.25) is 0 Å². The van der Waals surface area contributed by atoms with Gasteiger partial charge in [0.05, 0.1) is 18.0 Å². The molecule has 1 aliphatic rings. The summed E-state index contributed by atoms with van der Waals surface area (Å²) in [4.78, 5) is 4.59. The van der Waals surface area contributed by atoms with Crippen LogP contribution in [0, 0.1) is 0 Å². The molecule has 0 amide bonds. The second kappa shape index (κ2) is 10.9. The monoisotopic (exact) mass is 417 g/mol. The van der Waals surface area contributed by atoms with Crippen LogP contribution in [0.15, 0.2) is 9.52 Å². The van der Waals surface area contributed by atoms with E-state index in [-0.39, 0.29) is 5.75 Å². The number of rotatable bonds is 9. The molecule has 1 fully saturated rings. The Kier molecular flexibility index (Phi) is 8.91. The second-order valence-electron chi connectivity index (χ2n) is 6.19. The molecule has 2 rings (SSSR count). The highest BCUT2D eigenvalue weighted by atomic mass is 32.2. The zero-order valence-corrected chi connectivity index (χ0v) is 18.1. The average Bonchev–Trinajstić information content (AvgIpc) is 3.08. The molecule has 0 saturated carbocycles. The molecule has 0 radical (unpaired) electrons. The highest BCUT2D eigenvalue weighted by Gasteiger charge is 2.23. The van der Waals surface area contributed by atoms with Crippen LogP contribution in [0.3, 0.4) is 0 Å². The van der Waals surface area contributed by atoms with Crippen molar-refractivity contribution in [2.75, 3.05) is 43.4 Å². The third-order valence-electron chi connectivity index (χ3n) is 4.36. The maximum absolute atomic E-state index is 12.4. The molecule has 10 heteroatoms. The van der Waals surface area contributed by atoms with Crippen molar-refractivity contribution in [2.45, 2.75) is 40.2 Å². The first kappa shape index (κ1) is 22.0. The molecule has 1 aromatic heterocycles. The molecule has 1 aromatic rings. The smallest absolute Gasteiger partial charge is 0.215 e. The minimum absolute atomic E-state index is 0.0652. The van der Waals surface area contributed by atoms with Gasteiger partial charge in [-0.15, -0.1) is 0 Å². The van der Waals surface area contributed by atoms with Crippen molar-refractivity contribution in [3.05, 3.63) is 17.0 Å². The molecule has 0 unspecified atom stereocenters. The van der Waals surface area contributed by atoms with E-state index < -0.39 is 10.0 Å². The Bertz CT molecular complexity index is 691. The summed E-state index contributed by atoms with van der Waals surface area (Å²) in [5.41, 5.74) is 1.95. The number of aromatic nitrogens is 1. The molecule has 8 nitrogen and oxygen atoms in total. The number of aryl methyl sites for hydroxylation is 2. The van der Waals surface area contributed by atoms with Crippen LogP contribution >= 0.6 is 11.8 Å². The lowest BCUT2D eigenvalue weighted by atomic mass is 10.1. The van der Waals surface area contributed by atoms with Crippen LogP contribution in [0.5, 0.6) is 0 Å². The van der Waals surface area contributed by atoms with Gasteiger partial charge in [0.25, 0.3) is 0 Å². The summed E-state index contributed by atoms with van der Waals surface area (Å²) >= 11 is 1.80. The summed E-state index contributed by atoms with van der Waals surface area (Å²) in [7, 11) is -3.22. The molecule has 154 valence electrons. The summed E-state index contributed by atoms with van der Waals surface area (Å²) in [5, 5.41) is 10.4. The van der Waals surface area contributed by atoms with Gasteiger partial charge in [-0.3, -0.25) is 0 Å². The van der Waals surface area contributed by atoms with Crippen LogP contribution in [0.1, 0.15) is 37.8 Å². The van der Waals surface area contributed by atoms with E-state index in [2.05, 4.69) is 20.8 Å². The van der Waals surface area contributed by atoms with Crippen LogP contribution in [0.25, 0.3) is 0 Å². The fourth-order valence-electron chi connectivity index (χ4n) is 2.87. The maximum Gasteiger partial charge on any atom is 0.215 e. The molecule has 27 heavy (non-hydrogen) atoms. The van der Waals surface area contributed by atoms with Crippen molar-refractivity contribution >= 4 is 27.7 Å². The maximum atomic E-state index is 12.4. The highest BCUT2D eigenvalue weighted by Crippen LogP contribution is 2.17. The molecule has 0 bridgehead atoms. The van der Waals surface area contributed by atoms with Crippen LogP contribution in [-0.2, 0) is 29.4 Å². The van der Waals surface area contributed by atoms with Crippen molar-refractivity contribution in [3.63, 3.8) is 0 Å². The predicted octanol–water partition coefficient (Wildman–Crippen LogP) is 1.23. The minimum Gasteiger partial charge on any atom is -0.361 e. The zero-order valence-electron chi connectivity index (χ0n) is 16.5. The van der Waals surface area contributed by atoms with E-state index in [0.29, 0.717) is 38.7 Å². The van der Waals surface area contributed by atoms with Crippen molar-refractivity contribution in [1.82, 2.24) is 20.1 Å². The Morgan fingerprint density at radius 3 is 2.59 bits per heavy atom. The lowest BCUT2D eigenvalue weighted by Gasteiger charge is -2.25. The zero-order chi connectivity index (χ0) is 19.7. The predicted molar refractivity (Wildman–Crippen MR) is 111 cm³/mol. The van der Waals surface area contributed by atoms with Gasteiger partial charge in [-0.25, -0.2) is 17.7 Å². The summed E-state index contributed by atoms with van der Waals surface area (Å²) in [6, 6.07) is 0. The van der Waals surface area contributed by atoms with Gasteiger partial charge in [-0.2, -0.15) is 11.8 Å². The molecule has 1 aliphatic heterocycles. The number of hydrogen-bond acceptors (Lipinski definition) is 6. The second-order valence-corrected chi connectivity index (χ2v) is 9.50. The van der Waals surface area contributed by atoms with Gasteiger partial charge >= 0.3 is 0 Å². The van der Waals surface area contributed by atoms with Gasteiger partial charge in [0.1, 0.15) is 5.76 Å². The standard InChI is InChI=1S/C17H31N5O3S2/c1-4-15-14(16(5-2)25-21-15)13-20-17(18-6-3)19-7-12-27(23,24)22-8-10-26-11-9-22/h4-13H2,1-3H3,(H2,18,19,20). The Morgan fingerprint density at radius 1 is 1.22 bits per heavy atom. The summed E-state index contributed by atoms with van der Waals surface area (Å²) in [6.07, 6.45) is 1.57. The van der Waals surface area contributed by atoms with Gasteiger partial charge in [-0.05, 0) is 13.3 Å². The first-order valence-corrected chi connectivity index (χ1v) is 12.3. The number of thioether (sulfide) groups is 1. The first-order valence-electron chi connectivity index (χ1n) is 9.55. The van der Waals surface area contributed by atoms with Crippen molar-refractivity contribution in [1.29, 1.82) is 0 Å². The van der Waals surface area contributed by atoms with Gasteiger partial charge in [0.2, 0.25) is 10.0 Å². The van der Waals surface area contributed by atoms with E-state index in [9.17, 15) is 8.42 Å². The third kappa shape index (κ3) is 6.39. The van der Waals surface area contributed by atoms with Gasteiger partial charge in [0.15, 0.2) is 5.96 Å². The molecule has 2 N–H and O–H groups in total. The SMILES string of the molecule is CCNC(=NCc1c(CC)noc1CC)NCCS(=O)(=O)N1CCSCC1. The summed E-state index contributed by atoms with van der Waals surface area (Å²) in [6.45, 7) is 8.74. The van der Waals surface area contributed by atoms with Gasteiger partial charge in [-0.1, -0.05) is 19.0 Å². The van der Waals surface area contributed by atoms with Crippen molar-refractivity contribution in [3.8, 4) is 0 Å². The third-order valence-corrected chi connectivity index (χ3v) is 7.18. The molecule has 0 spiro atoms. The normalized spacial score (nSPS) is 16.5. The van der Waals surface area contributed by atoms with E-state index in [1.807, 2.05) is 20.8 Å². The average molecular weight is 418 g/mol. The van der Waals surface area contributed by atoms with E-state index in [1.165, 1.54) is 0 Å². The number of guanidine groups is 1. The number of nitrogens with one attached hydrogen (secondary N) is 2. The van der Waals surface area contributed by atoms with Crippen LogP contribution < -0.4 is 10.6 Å². The molecule has 0 aromatic carbocycles. The van der Waals surface area contributed by atoms with Gasteiger partial charge in [0, 0.05) is 49.7 Å². The van der Waals surface area contributed by atoms with Crippen molar-refractivity contribution < 1.29 is 12.9 Å². The van der Waals surface area contributed by atoms with Crippen LogP contribution in [-0.4, -0.2) is 67.3 Å². The van der Waals surface area contributed by atoms with Crippen LogP contribution in [0.4, 0.5) is 0 Å². The molecular formula is C17H31N5O3S2. The molecule has 1 saturated heterocycles. The Labute approximate surface area is 166 Å². The summed E-state index contributed by atoms with van der Waals surface area (Å²) < 4.78 is 31.8.